The van der Waals surface area contributed by atoms with Crippen LogP contribution in [0.3, 0.4) is 0 Å². The summed E-state index contributed by atoms with van der Waals surface area (Å²) in [7, 11) is -19.3. The summed E-state index contributed by atoms with van der Waals surface area (Å²) in [6.07, 6.45) is 0. The number of rotatable bonds is 16. The lowest BCUT2D eigenvalue weighted by atomic mass is 11.8. The highest BCUT2D eigenvalue weighted by Gasteiger charge is 2.45. The van der Waals surface area contributed by atoms with E-state index in [1.54, 1.807) is 0 Å². The van der Waals surface area contributed by atoms with E-state index in [0.717, 1.165) is 0 Å². The Kier molecular flexibility index (Phi) is 27.7. The van der Waals surface area contributed by atoms with Crippen molar-refractivity contribution in [2.45, 2.75) is 217 Å². The van der Waals surface area contributed by atoms with Gasteiger partial charge in [-0.2, -0.15) is 0 Å². The molecule has 20 heteroatoms. The Labute approximate surface area is 348 Å². The lowest BCUT2D eigenvalue weighted by molar-refractivity contribution is 0.263. The summed E-state index contributed by atoms with van der Waals surface area (Å²) in [4.78, 5) is 0. The normalized spacial score (nSPS) is 14.5. The highest BCUT2D eigenvalue weighted by molar-refractivity contribution is 6.90. The van der Waals surface area contributed by atoms with Crippen molar-refractivity contribution in [3.8, 4) is 0 Å². The zero-order valence-corrected chi connectivity index (χ0v) is 53.3. The molecule has 0 atom stereocenters. The third-order valence-electron chi connectivity index (χ3n) is 4.30. The van der Waals surface area contributed by atoms with E-state index >= 15 is 0 Å². The fraction of sp³-hybridized carbons (Fsp3) is 1.00. The molecule has 0 aliphatic rings. The van der Waals surface area contributed by atoms with Gasteiger partial charge in [0, 0.05) is 6.55 Å². The van der Waals surface area contributed by atoms with Gasteiger partial charge >= 0.3 is 25.9 Å². The quantitative estimate of drug-likeness (QED) is 0.142. The summed E-state index contributed by atoms with van der Waals surface area (Å²) in [6.45, 7) is 70.5. The Morgan fingerprint density at radius 3 is 0.358 bits per heavy atom. The number of hydrogen-bond donors (Lipinski definition) is 0. The van der Waals surface area contributed by atoms with Gasteiger partial charge in [0.15, 0.2) is 74.9 Å². The van der Waals surface area contributed by atoms with Gasteiger partial charge in [-0.1, -0.05) is 7.43 Å². The molecule has 0 amide bonds. The van der Waals surface area contributed by atoms with Crippen molar-refractivity contribution in [3.05, 3.63) is 0 Å². The minimum atomic E-state index is -2.47. The molecule has 8 nitrogen and oxygen atoms in total. The zero-order chi connectivity index (χ0) is 43.7. The van der Waals surface area contributed by atoms with Crippen LogP contribution >= 0.6 is 0 Å². The maximum Gasteiger partial charge on any atom is 0.466 e. The summed E-state index contributed by atoms with van der Waals surface area (Å²) in [5.41, 5.74) is 0. The van der Waals surface area contributed by atoms with Gasteiger partial charge in [-0.25, -0.2) is 0 Å². The molecule has 0 saturated carbocycles. The van der Waals surface area contributed by atoms with Crippen molar-refractivity contribution < 1.29 is 32.9 Å². The fourth-order valence-corrected chi connectivity index (χ4v) is 52.6. The Hall–Kier alpha value is 2.28. The summed E-state index contributed by atoms with van der Waals surface area (Å²) < 4.78 is 49.1. The van der Waals surface area contributed by atoms with Crippen LogP contribution in [0.4, 0.5) is 0 Å². The molecule has 0 aliphatic carbocycles. The Morgan fingerprint density at radius 1 is 0.170 bits per heavy atom. The van der Waals surface area contributed by atoms with Gasteiger partial charge in [0.05, 0.1) is 0 Å². The predicted octanol–water partition coefficient (Wildman–Crippen LogP) is 14.2. The van der Waals surface area contributed by atoms with Gasteiger partial charge < -0.3 is 32.9 Å². The maximum absolute atomic E-state index is 6.28. The Morgan fingerprint density at radius 2 is 0.283 bits per heavy atom. The molecule has 0 heterocycles. The van der Waals surface area contributed by atoms with Crippen LogP contribution in [0.5, 0.6) is 0 Å². The van der Waals surface area contributed by atoms with Crippen molar-refractivity contribution >= 4 is 101 Å². The van der Waals surface area contributed by atoms with Gasteiger partial charge in [0.2, 0.25) is 0 Å². The molecule has 0 rings (SSSR count). The fourth-order valence-electron chi connectivity index (χ4n) is 5.64. The van der Waals surface area contributed by atoms with Crippen LogP contribution in [0.2, 0.25) is 210 Å². The SMILES string of the molecule is C.C[Si](C)(C)O[Si](C)(C)C.C[Si](C)(C)O[Si](C)(C)O[Si](C)(C)C.C[Si](C)(C)O[Si](C)(C)O[Si](C)(C)C.C[Si](C)(C)O[Si](C)(O[Si](C)(C)C)O[Si](C)(C)C. The third kappa shape index (κ3) is 58.7. The van der Waals surface area contributed by atoms with Gasteiger partial charge in [-0.05, 0) is 203 Å². The molecule has 0 fully saturated rings. The first kappa shape index (κ1) is 64.4. The second-order valence-corrected chi connectivity index (χ2v) is 75.4. The van der Waals surface area contributed by atoms with Gasteiger partial charge in [0.1, 0.15) is 0 Å². The van der Waals surface area contributed by atoms with Crippen molar-refractivity contribution in [2.24, 2.45) is 0 Å². The lowest BCUT2D eigenvalue weighted by Crippen LogP contribution is -2.58. The molecular weight excluding hydrogens is 861 g/mol. The Bertz CT molecular complexity index is 857. The standard InChI is InChI=1S/C10H30O3Si4.2C8H24O2Si3.C6H18OSi2.CH4/c1-14(2,3)11-17(10,12-15(4,5)6)13-16(7,8)9;2*1-11(2,3)9-13(7,8)10-12(4,5)6;1-8(2,3)7-9(4,5)6;/h1-10H3;2*1-8H3;1-6H3;1H4. The van der Waals surface area contributed by atoms with Gasteiger partial charge in [-0.3, -0.25) is 0 Å². The summed E-state index contributed by atoms with van der Waals surface area (Å²) in [5.74, 6) is 0. The molecule has 0 aromatic heterocycles. The predicted molar refractivity (Wildman–Crippen MR) is 272 cm³/mol. The first-order valence-corrected chi connectivity index (χ1v) is 57.8. The average molecular weight is 962 g/mol. The van der Waals surface area contributed by atoms with Crippen LogP contribution in [0.25, 0.3) is 0 Å². The van der Waals surface area contributed by atoms with Gasteiger partial charge in [-0.15, -0.1) is 0 Å². The second kappa shape index (κ2) is 22.8. The van der Waals surface area contributed by atoms with E-state index in [4.69, 9.17) is 32.9 Å². The second-order valence-electron chi connectivity index (χ2n) is 23.5. The first-order valence-electron chi connectivity index (χ1n) is 19.3. The molecule has 0 N–H and O–H groups in total. The molecule has 0 radical (unpaired) electrons. The summed E-state index contributed by atoms with van der Waals surface area (Å²) in [5, 5.41) is 0. The molecule has 0 aromatic rings. The molecule has 0 aromatic carbocycles. The maximum atomic E-state index is 6.28. The summed E-state index contributed by atoms with van der Waals surface area (Å²) >= 11 is 0. The topological polar surface area (TPSA) is 73.8 Å². The van der Waals surface area contributed by atoms with E-state index in [0.29, 0.717) is 0 Å². The molecule has 0 saturated heterocycles. The van der Waals surface area contributed by atoms with Crippen LogP contribution in [-0.2, 0) is 32.9 Å². The Balaban J connectivity index is -0.000000196. The molecule has 328 valence electrons. The highest BCUT2D eigenvalue weighted by atomic mass is 28.5. The monoisotopic (exact) mass is 960 g/mol. The van der Waals surface area contributed by atoms with Crippen LogP contribution in [-0.4, -0.2) is 101 Å². The average Bonchev–Trinajstić information content (AvgIpc) is 2.51. The van der Waals surface area contributed by atoms with E-state index in [-0.39, 0.29) is 7.43 Å². The molecule has 0 aliphatic heterocycles. The van der Waals surface area contributed by atoms with Crippen molar-refractivity contribution in [1.82, 2.24) is 0 Å². The molecule has 53 heavy (non-hydrogen) atoms. The van der Waals surface area contributed by atoms with Gasteiger partial charge in [0.25, 0.3) is 0 Å². The molecular formula is C33H100O8Si12. The highest BCUT2D eigenvalue weighted by Crippen LogP contribution is 2.25. The van der Waals surface area contributed by atoms with E-state index in [2.05, 4.69) is 210 Å². The van der Waals surface area contributed by atoms with E-state index in [1.165, 1.54) is 0 Å². The van der Waals surface area contributed by atoms with Crippen molar-refractivity contribution in [1.29, 1.82) is 0 Å². The zero-order valence-electron chi connectivity index (χ0n) is 41.3. The van der Waals surface area contributed by atoms with Crippen LogP contribution < -0.4 is 0 Å². The molecule has 0 bridgehead atoms. The lowest BCUT2D eigenvalue weighted by Gasteiger charge is -2.40. The minimum Gasteiger partial charge on any atom is -0.456 e. The van der Waals surface area contributed by atoms with E-state index in [1.807, 2.05) is 0 Å². The smallest absolute Gasteiger partial charge is 0.456 e. The van der Waals surface area contributed by atoms with Crippen molar-refractivity contribution in [3.63, 3.8) is 0 Å². The first-order chi connectivity index (χ1) is 21.7. The largest absolute Gasteiger partial charge is 0.466 e. The number of hydrogen-bond acceptors (Lipinski definition) is 8. The van der Waals surface area contributed by atoms with Crippen LogP contribution in [0.15, 0.2) is 0 Å². The van der Waals surface area contributed by atoms with E-state index in [9.17, 15) is 0 Å². The van der Waals surface area contributed by atoms with Crippen molar-refractivity contribution in [2.75, 3.05) is 0 Å². The van der Waals surface area contributed by atoms with Crippen LogP contribution in [0, 0.1) is 0 Å². The minimum absolute atomic E-state index is 0. The molecule has 0 unspecified atom stereocenters. The van der Waals surface area contributed by atoms with E-state index < -0.39 is 101 Å². The molecule has 0 spiro atoms. The van der Waals surface area contributed by atoms with Crippen LogP contribution in [0.1, 0.15) is 7.43 Å². The summed E-state index contributed by atoms with van der Waals surface area (Å²) in [6, 6.07) is 0. The third-order valence-corrected chi connectivity index (χ3v) is 38.7.